The maximum atomic E-state index is 9.58. The smallest absolute Gasteiger partial charge is 0.209 e. The highest BCUT2D eigenvalue weighted by Gasteiger charge is 2.21. The lowest BCUT2D eigenvalue weighted by Gasteiger charge is -2.12. The Morgan fingerprint density at radius 2 is 2.29 bits per heavy atom. The van der Waals surface area contributed by atoms with Crippen LogP contribution >= 0.6 is 11.8 Å². The minimum absolute atomic E-state index is 0.345. The largest absolute Gasteiger partial charge is 0.390 e. The first-order chi connectivity index (χ1) is 8.31. The first kappa shape index (κ1) is 12.8. The molecule has 1 aromatic rings. The number of tetrazole rings is 1. The van der Waals surface area contributed by atoms with Gasteiger partial charge in [0.2, 0.25) is 5.16 Å². The van der Waals surface area contributed by atoms with Gasteiger partial charge in [0.15, 0.2) is 0 Å². The molecule has 0 amide bonds. The van der Waals surface area contributed by atoms with E-state index in [0.29, 0.717) is 18.4 Å². The predicted molar refractivity (Wildman–Crippen MR) is 63.9 cm³/mol. The van der Waals surface area contributed by atoms with Gasteiger partial charge in [0.05, 0.1) is 18.8 Å². The van der Waals surface area contributed by atoms with Crippen LogP contribution in [-0.2, 0) is 4.74 Å². The van der Waals surface area contributed by atoms with Crippen LogP contribution in [0.5, 0.6) is 0 Å². The third-order valence-corrected chi connectivity index (χ3v) is 3.98. The molecule has 0 radical (unpaired) electrons. The number of hydrogen-bond acceptors (Lipinski definition) is 6. The Hall–Kier alpha value is -0.660. The average Bonchev–Trinajstić information content (AvgIpc) is 2.97. The zero-order chi connectivity index (χ0) is 12.1. The number of rotatable bonds is 6. The van der Waals surface area contributed by atoms with Gasteiger partial charge in [-0.25, -0.2) is 4.68 Å². The van der Waals surface area contributed by atoms with E-state index in [4.69, 9.17) is 4.74 Å². The second-order valence-electron chi connectivity index (χ2n) is 4.26. The van der Waals surface area contributed by atoms with E-state index < -0.39 is 6.10 Å². The minimum Gasteiger partial charge on any atom is -0.390 e. The number of aliphatic hydroxyl groups is 1. The zero-order valence-corrected chi connectivity index (χ0v) is 10.8. The lowest BCUT2D eigenvalue weighted by molar-refractivity contribution is 0.0793. The third kappa shape index (κ3) is 3.40. The Bertz CT molecular complexity index is 341. The SMILES string of the molecule is COCC(O)CSc1nnnn1C1CCCC1. The molecule has 0 spiro atoms. The summed E-state index contributed by atoms with van der Waals surface area (Å²) in [6.45, 7) is 0.345. The highest BCUT2D eigenvalue weighted by atomic mass is 32.2. The molecular weight excluding hydrogens is 240 g/mol. The van der Waals surface area contributed by atoms with Crippen molar-refractivity contribution in [2.24, 2.45) is 0 Å². The fourth-order valence-electron chi connectivity index (χ4n) is 2.07. The molecule has 17 heavy (non-hydrogen) atoms. The van der Waals surface area contributed by atoms with Crippen molar-refractivity contribution in [3.63, 3.8) is 0 Å². The molecule has 1 unspecified atom stereocenters. The molecule has 7 heteroatoms. The molecule has 6 nitrogen and oxygen atoms in total. The molecule has 1 aromatic heterocycles. The molecule has 0 saturated heterocycles. The van der Waals surface area contributed by atoms with Gasteiger partial charge in [0.1, 0.15) is 0 Å². The number of hydrogen-bond donors (Lipinski definition) is 1. The summed E-state index contributed by atoms with van der Waals surface area (Å²) in [4.78, 5) is 0. The van der Waals surface area contributed by atoms with E-state index in [-0.39, 0.29) is 0 Å². The molecule has 0 aliphatic heterocycles. The number of thioether (sulfide) groups is 1. The van der Waals surface area contributed by atoms with Gasteiger partial charge in [-0.1, -0.05) is 24.6 Å². The second-order valence-corrected chi connectivity index (χ2v) is 5.25. The molecule has 1 aliphatic carbocycles. The summed E-state index contributed by atoms with van der Waals surface area (Å²) in [5, 5.41) is 22.1. The van der Waals surface area contributed by atoms with E-state index in [0.717, 1.165) is 18.0 Å². The Kier molecular flexibility index (Phi) is 4.75. The van der Waals surface area contributed by atoms with Gasteiger partial charge in [-0.3, -0.25) is 0 Å². The predicted octanol–water partition coefficient (Wildman–Crippen LogP) is 0.888. The van der Waals surface area contributed by atoms with Crippen molar-refractivity contribution in [1.29, 1.82) is 0 Å². The summed E-state index contributed by atoms with van der Waals surface area (Å²) in [6, 6.07) is 0.437. The molecule has 0 bridgehead atoms. The van der Waals surface area contributed by atoms with Crippen LogP contribution in [0.4, 0.5) is 0 Å². The van der Waals surface area contributed by atoms with Gasteiger partial charge in [0.25, 0.3) is 0 Å². The fourth-order valence-corrected chi connectivity index (χ4v) is 2.92. The molecule has 1 N–H and O–H groups in total. The second kappa shape index (κ2) is 6.32. The fraction of sp³-hybridized carbons (Fsp3) is 0.900. The zero-order valence-electron chi connectivity index (χ0n) is 9.95. The molecule has 1 aliphatic rings. The van der Waals surface area contributed by atoms with Crippen LogP contribution in [0.25, 0.3) is 0 Å². The number of aliphatic hydroxyl groups excluding tert-OH is 1. The molecule has 1 fully saturated rings. The van der Waals surface area contributed by atoms with Gasteiger partial charge in [-0.2, -0.15) is 0 Å². The number of methoxy groups -OCH3 is 1. The van der Waals surface area contributed by atoms with Gasteiger partial charge in [-0.15, -0.1) is 5.10 Å². The van der Waals surface area contributed by atoms with Gasteiger partial charge in [0, 0.05) is 12.9 Å². The summed E-state index contributed by atoms with van der Waals surface area (Å²) in [5.74, 6) is 0.556. The van der Waals surface area contributed by atoms with Crippen molar-refractivity contribution < 1.29 is 9.84 Å². The highest BCUT2D eigenvalue weighted by molar-refractivity contribution is 7.99. The van der Waals surface area contributed by atoms with Gasteiger partial charge >= 0.3 is 0 Å². The molecule has 0 aromatic carbocycles. The number of aromatic nitrogens is 4. The van der Waals surface area contributed by atoms with E-state index in [9.17, 15) is 5.11 Å². The first-order valence-corrected chi connectivity index (χ1v) is 6.87. The van der Waals surface area contributed by atoms with Crippen molar-refractivity contribution in [1.82, 2.24) is 20.2 Å². The Morgan fingerprint density at radius 3 is 3.00 bits per heavy atom. The normalized spacial score (nSPS) is 18.7. The van der Waals surface area contributed by atoms with Crippen molar-refractivity contribution in [2.45, 2.75) is 43.0 Å². The Balaban J connectivity index is 1.90. The van der Waals surface area contributed by atoms with Gasteiger partial charge < -0.3 is 9.84 Å². The van der Waals surface area contributed by atoms with Crippen molar-refractivity contribution in [2.75, 3.05) is 19.5 Å². The molecule has 1 saturated carbocycles. The highest BCUT2D eigenvalue weighted by Crippen LogP contribution is 2.31. The van der Waals surface area contributed by atoms with Crippen LogP contribution in [-0.4, -0.2) is 50.9 Å². The molecule has 96 valence electrons. The van der Waals surface area contributed by atoms with Gasteiger partial charge in [-0.05, 0) is 23.3 Å². The van der Waals surface area contributed by atoms with E-state index in [1.54, 1.807) is 7.11 Å². The van der Waals surface area contributed by atoms with Crippen molar-refractivity contribution >= 4 is 11.8 Å². The lowest BCUT2D eigenvalue weighted by Crippen LogP contribution is -2.17. The lowest BCUT2D eigenvalue weighted by atomic mass is 10.3. The number of nitrogens with zero attached hydrogens (tertiary/aromatic N) is 4. The minimum atomic E-state index is -0.473. The van der Waals surface area contributed by atoms with E-state index >= 15 is 0 Å². The van der Waals surface area contributed by atoms with Crippen LogP contribution in [0, 0.1) is 0 Å². The summed E-state index contributed by atoms with van der Waals surface area (Å²) < 4.78 is 6.78. The van der Waals surface area contributed by atoms with Crippen LogP contribution in [0.3, 0.4) is 0 Å². The summed E-state index contributed by atoms with van der Waals surface area (Å²) >= 11 is 1.49. The molecular formula is C10H18N4O2S. The first-order valence-electron chi connectivity index (χ1n) is 5.89. The quantitative estimate of drug-likeness (QED) is 0.764. The van der Waals surface area contributed by atoms with Crippen LogP contribution in [0.2, 0.25) is 0 Å². The maximum absolute atomic E-state index is 9.58. The van der Waals surface area contributed by atoms with Crippen LogP contribution < -0.4 is 0 Å². The molecule has 1 heterocycles. The topological polar surface area (TPSA) is 73.1 Å². The Labute approximate surface area is 105 Å². The average molecular weight is 258 g/mol. The summed E-state index contributed by atoms with van der Waals surface area (Å²) in [7, 11) is 1.58. The van der Waals surface area contributed by atoms with Crippen LogP contribution in [0.1, 0.15) is 31.7 Å². The summed E-state index contributed by atoms with van der Waals surface area (Å²) in [6.07, 6.45) is 4.33. The van der Waals surface area contributed by atoms with E-state index in [1.807, 2.05) is 4.68 Å². The van der Waals surface area contributed by atoms with Crippen molar-refractivity contribution in [3.8, 4) is 0 Å². The number of ether oxygens (including phenoxy) is 1. The van der Waals surface area contributed by atoms with Crippen LogP contribution in [0.15, 0.2) is 5.16 Å². The van der Waals surface area contributed by atoms with E-state index in [2.05, 4.69) is 15.5 Å². The maximum Gasteiger partial charge on any atom is 0.209 e. The van der Waals surface area contributed by atoms with E-state index in [1.165, 1.54) is 24.6 Å². The molecule has 1 atom stereocenters. The monoisotopic (exact) mass is 258 g/mol. The standard InChI is InChI=1S/C10H18N4O2S/c1-16-6-9(15)7-17-10-11-12-13-14(10)8-4-2-3-5-8/h8-9,15H,2-7H2,1H3. The molecule has 2 rings (SSSR count). The van der Waals surface area contributed by atoms with Crippen molar-refractivity contribution in [3.05, 3.63) is 0 Å². The third-order valence-electron chi connectivity index (χ3n) is 2.90. The Morgan fingerprint density at radius 1 is 1.53 bits per heavy atom. The summed E-state index contributed by atoms with van der Waals surface area (Å²) in [5.41, 5.74) is 0.